The molecule has 0 saturated carbocycles. The zero-order valence-corrected chi connectivity index (χ0v) is 17.6. The van der Waals surface area contributed by atoms with Gasteiger partial charge in [-0.05, 0) is 62.4 Å². The Bertz CT molecular complexity index is 771. The van der Waals surface area contributed by atoms with Crippen molar-refractivity contribution < 1.29 is 19.2 Å². The molecule has 0 radical (unpaired) electrons. The number of quaternary nitrogens is 1. The van der Waals surface area contributed by atoms with Crippen LogP contribution in [-0.4, -0.2) is 51.9 Å². The number of nitrogens with zero attached hydrogens (tertiary/aromatic N) is 1. The van der Waals surface area contributed by atoms with Gasteiger partial charge in [-0.3, -0.25) is 4.79 Å². The fourth-order valence-corrected chi connectivity index (χ4v) is 3.40. The van der Waals surface area contributed by atoms with Gasteiger partial charge in [-0.15, -0.1) is 0 Å². The Hall–Kier alpha value is -2.57. The van der Waals surface area contributed by atoms with Crippen molar-refractivity contribution in [2.45, 2.75) is 26.4 Å². The van der Waals surface area contributed by atoms with Crippen LogP contribution in [0.5, 0.6) is 5.75 Å². The average molecular weight is 399 g/mol. The SMILES string of the molecule is CCOc1ccc(C[NH+](C)[C@H](C)C(=O)Nc2ccc(N3CCOCC3)cc2)cc1. The molecule has 0 aromatic heterocycles. The van der Waals surface area contributed by atoms with Crippen LogP contribution < -0.4 is 19.9 Å². The maximum absolute atomic E-state index is 12.7. The highest BCUT2D eigenvalue weighted by Gasteiger charge is 2.22. The molecule has 1 fully saturated rings. The number of carbonyl (C=O) groups is 1. The summed E-state index contributed by atoms with van der Waals surface area (Å²) in [4.78, 5) is 16.1. The third kappa shape index (κ3) is 5.95. The second kappa shape index (κ2) is 10.3. The molecule has 156 valence electrons. The lowest BCUT2D eigenvalue weighted by Gasteiger charge is -2.29. The van der Waals surface area contributed by atoms with Gasteiger partial charge in [-0.25, -0.2) is 0 Å². The number of anilines is 2. The highest BCUT2D eigenvalue weighted by atomic mass is 16.5. The minimum Gasteiger partial charge on any atom is -0.494 e. The predicted octanol–water partition coefficient (Wildman–Crippen LogP) is 1.96. The van der Waals surface area contributed by atoms with Gasteiger partial charge in [0.2, 0.25) is 0 Å². The first kappa shape index (κ1) is 21.1. The van der Waals surface area contributed by atoms with E-state index in [9.17, 15) is 4.79 Å². The van der Waals surface area contributed by atoms with Gasteiger partial charge in [0.25, 0.3) is 5.91 Å². The Labute approximate surface area is 173 Å². The van der Waals surface area contributed by atoms with Crippen LogP contribution in [0, 0.1) is 0 Å². The van der Waals surface area contributed by atoms with Gasteiger partial charge in [0.05, 0.1) is 26.9 Å². The molecule has 1 aliphatic heterocycles. The van der Waals surface area contributed by atoms with Crippen molar-refractivity contribution >= 4 is 17.3 Å². The van der Waals surface area contributed by atoms with E-state index >= 15 is 0 Å². The smallest absolute Gasteiger partial charge is 0.282 e. The third-order valence-corrected chi connectivity index (χ3v) is 5.36. The van der Waals surface area contributed by atoms with Gasteiger partial charge in [-0.2, -0.15) is 0 Å². The first-order valence-electron chi connectivity index (χ1n) is 10.3. The molecular formula is C23H32N3O3+. The lowest BCUT2D eigenvalue weighted by atomic mass is 10.1. The fourth-order valence-electron chi connectivity index (χ4n) is 3.40. The van der Waals surface area contributed by atoms with Gasteiger partial charge < -0.3 is 24.6 Å². The van der Waals surface area contributed by atoms with Crippen LogP contribution in [0.3, 0.4) is 0 Å². The Morgan fingerprint density at radius 1 is 1.14 bits per heavy atom. The molecule has 2 aromatic rings. The molecule has 6 nitrogen and oxygen atoms in total. The average Bonchev–Trinajstić information content (AvgIpc) is 2.76. The van der Waals surface area contributed by atoms with Crippen LogP contribution >= 0.6 is 0 Å². The zero-order valence-electron chi connectivity index (χ0n) is 17.6. The zero-order chi connectivity index (χ0) is 20.6. The summed E-state index contributed by atoms with van der Waals surface area (Å²) in [6.07, 6.45) is 0. The van der Waals surface area contributed by atoms with E-state index in [0.29, 0.717) is 6.61 Å². The van der Waals surface area contributed by atoms with Crippen LogP contribution in [0.15, 0.2) is 48.5 Å². The molecule has 1 aliphatic rings. The van der Waals surface area contributed by atoms with Gasteiger partial charge in [-0.1, -0.05) is 0 Å². The van der Waals surface area contributed by atoms with Crippen molar-refractivity contribution in [3.05, 3.63) is 54.1 Å². The second-order valence-electron chi connectivity index (χ2n) is 7.46. The third-order valence-electron chi connectivity index (χ3n) is 5.36. The summed E-state index contributed by atoms with van der Waals surface area (Å²) in [5.41, 5.74) is 3.17. The Balaban J connectivity index is 1.52. The molecule has 1 heterocycles. The Morgan fingerprint density at radius 3 is 2.41 bits per heavy atom. The van der Waals surface area contributed by atoms with Gasteiger partial charge in [0.15, 0.2) is 6.04 Å². The number of hydrogen-bond acceptors (Lipinski definition) is 4. The first-order valence-corrected chi connectivity index (χ1v) is 10.3. The maximum Gasteiger partial charge on any atom is 0.282 e. The van der Waals surface area contributed by atoms with Crippen molar-refractivity contribution in [3.8, 4) is 5.75 Å². The predicted molar refractivity (Wildman–Crippen MR) is 116 cm³/mol. The van der Waals surface area contributed by atoms with Crippen molar-refractivity contribution in [3.63, 3.8) is 0 Å². The van der Waals surface area contributed by atoms with Crippen LogP contribution in [0.2, 0.25) is 0 Å². The Morgan fingerprint density at radius 2 is 1.79 bits per heavy atom. The molecule has 0 spiro atoms. The number of benzene rings is 2. The minimum absolute atomic E-state index is 0.0209. The van der Waals surface area contributed by atoms with E-state index in [1.54, 1.807) is 0 Å². The van der Waals surface area contributed by atoms with Crippen molar-refractivity contribution in [1.29, 1.82) is 0 Å². The molecule has 1 amide bonds. The molecule has 2 atom stereocenters. The molecule has 0 aliphatic carbocycles. The quantitative estimate of drug-likeness (QED) is 0.714. The van der Waals surface area contributed by atoms with E-state index < -0.39 is 0 Å². The molecule has 2 N–H and O–H groups in total. The number of nitrogens with one attached hydrogen (secondary N) is 2. The summed E-state index contributed by atoms with van der Waals surface area (Å²) >= 11 is 0. The summed E-state index contributed by atoms with van der Waals surface area (Å²) in [6.45, 7) is 8.71. The van der Waals surface area contributed by atoms with Crippen LogP contribution in [0.1, 0.15) is 19.4 Å². The number of morpholine rings is 1. The summed E-state index contributed by atoms with van der Waals surface area (Å²) in [7, 11) is 2.04. The number of ether oxygens (including phenoxy) is 2. The van der Waals surface area contributed by atoms with E-state index in [2.05, 4.69) is 34.5 Å². The van der Waals surface area contributed by atoms with Gasteiger partial charge >= 0.3 is 0 Å². The molecule has 2 aromatic carbocycles. The summed E-state index contributed by atoms with van der Waals surface area (Å²) in [5.74, 6) is 0.896. The van der Waals surface area contributed by atoms with Crippen LogP contribution in [0.25, 0.3) is 0 Å². The molecule has 29 heavy (non-hydrogen) atoms. The van der Waals surface area contributed by atoms with Crippen molar-refractivity contribution in [2.75, 3.05) is 50.2 Å². The number of carbonyl (C=O) groups excluding carboxylic acids is 1. The molecule has 3 rings (SSSR count). The van der Waals surface area contributed by atoms with E-state index in [1.807, 2.05) is 45.2 Å². The molecule has 6 heteroatoms. The molecule has 1 saturated heterocycles. The number of rotatable bonds is 8. The number of amides is 1. The van der Waals surface area contributed by atoms with Crippen molar-refractivity contribution in [2.24, 2.45) is 0 Å². The van der Waals surface area contributed by atoms with Gasteiger partial charge in [0, 0.05) is 30.0 Å². The van der Waals surface area contributed by atoms with Crippen LogP contribution in [0.4, 0.5) is 11.4 Å². The van der Waals surface area contributed by atoms with Crippen molar-refractivity contribution in [1.82, 2.24) is 0 Å². The van der Waals surface area contributed by atoms with E-state index in [-0.39, 0.29) is 11.9 Å². The number of hydrogen-bond donors (Lipinski definition) is 2. The number of likely N-dealkylation sites (N-methyl/N-ethyl adjacent to an activating group) is 1. The highest BCUT2D eigenvalue weighted by Crippen LogP contribution is 2.19. The Kier molecular flexibility index (Phi) is 7.49. The van der Waals surface area contributed by atoms with Crippen LogP contribution in [-0.2, 0) is 16.1 Å². The largest absolute Gasteiger partial charge is 0.494 e. The monoisotopic (exact) mass is 398 g/mol. The normalized spacial score (nSPS) is 16.2. The summed E-state index contributed by atoms with van der Waals surface area (Å²) in [6, 6.07) is 16.0. The lowest BCUT2D eigenvalue weighted by molar-refractivity contribution is -0.907. The standard InChI is InChI=1S/C23H31N3O3/c1-4-29-22-11-5-19(6-12-22)17-25(3)18(2)23(27)24-20-7-9-21(10-8-20)26-13-15-28-16-14-26/h5-12,18H,4,13-17H2,1-3H3,(H,24,27)/p+1/t18-/m1/s1. The van der Waals surface area contributed by atoms with E-state index in [1.165, 1.54) is 5.56 Å². The summed E-state index contributed by atoms with van der Waals surface area (Å²) in [5, 5.41) is 3.04. The minimum atomic E-state index is -0.166. The molecular weight excluding hydrogens is 366 g/mol. The summed E-state index contributed by atoms with van der Waals surface area (Å²) < 4.78 is 10.9. The topological polar surface area (TPSA) is 55.2 Å². The molecule has 1 unspecified atom stereocenters. The first-order chi connectivity index (χ1) is 14.1. The molecule has 0 bridgehead atoms. The fraction of sp³-hybridized carbons (Fsp3) is 0.435. The highest BCUT2D eigenvalue weighted by molar-refractivity contribution is 5.93. The van der Waals surface area contributed by atoms with E-state index in [0.717, 1.165) is 54.9 Å². The van der Waals surface area contributed by atoms with Gasteiger partial charge in [0.1, 0.15) is 12.3 Å². The second-order valence-corrected chi connectivity index (χ2v) is 7.46. The maximum atomic E-state index is 12.7. The lowest BCUT2D eigenvalue weighted by Crippen LogP contribution is -3.12. The van der Waals surface area contributed by atoms with E-state index in [4.69, 9.17) is 9.47 Å².